The van der Waals surface area contributed by atoms with Crippen molar-refractivity contribution < 1.29 is 0 Å². The van der Waals surface area contributed by atoms with Crippen LogP contribution >= 0.6 is 0 Å². The standard InChI is InChI=1S/C17H20N6/c1-13-19-16(21-15-5-3-4-14(10-15)12-18)11-17(20-13)23-8-6-22(2)7-9-23/h3-5,10-11H,6-9H2,1-2H3,(H,19,20,21). The third-order valence-electron chi connectivity index (χ3n) is 3.92. The summed E-state index contributed by atoms with van der Waals surface area (Å²) >= 11 is 0. The fraction of sp³-hybridized carbons (Fsp3) is 0.353. The van der Waals surface area contributed by atoms with Crippen molar-refractivity contribution in [2.75, 3.05) is 43.4 Å². The number of anilines is 3. The fourth-order valence-electron chi connectivity index (χ4n) is 2.63. The van der Waals surface area contributed by atoms with Gasteiger partial charge in [-0.25, -0.2) is 9.97 Å². The van der Waals surface area contributed by atoms with E-state index in [2.05, 4.69) is 38.2 Å². The van der Waals surface area contributed by atoms with Gasteiger partial charge in [-0.2, -0.15) is 5.26 Å². The van der Waals surface area contributed by atoms with E-state index >= 15 is 0 Å². The lowest BCUT2D eigenvalue weighted by Gasteiger charge is -2.33. The molecule has 1 saturated heterocycles. The number of likely N-dealkylation sites (N-methyl/N-ethyl adjacent to an activating group) is 1. The zero-order chi connectivity index (χ0) is 16.2. The van der Waals surface area contributed by atoms with E-state index in [1.54, 1.807) is 6.07 Å². The Balaban J connectivity index is 1.81. The fourth-order valence-corrected chi connectivity index (χ4v) is 2.63. The molecule has 0 bridgehead atoms. The van der Waals surface area contributed by atoms with Crippen molar-refractivity contribution in [3.63, 3.8) is 0 Å². The van der Waals surface area contributed by atoms with Gasteiger partial charge in [0.1, 0.15) is 17.5 Å². The van der Waals surface area contributed by atoms with Gasteiger partial charge < -0.3 is 15.1 Å². The first-order valence-corrected chi connectivity index (χ1v) is 7.70. The molecule has 0 spiro atoms. The molecule has 1 aromatic heterocycles. The summed E-state index contributed by atoms with van der Waals surface area (Å²) in [5.74, 6) is 2.44. The van der Waals surface area contributed by atoms with Gasteiger partial charge in [0.15, 0.2) is 0 Å². The smallest absolute Gasteiger partial charge is 0.136 e. The number of hydrogen-bond donors (Lipinski definition) is 1. The van der Waals surface area contributed by atoms with Crippen molar-refractivity contribution in [2.24, 2.45) is 0 Å². The molecule has 2 heterocycles. The van der Waals surface area contributed by atoms with Crippen LogP contribution in [0.2, 0.25) is 0 Å². The highest BCUT2D eigenvalue weighted by molar-refractivity contribution is 5.61. The largest absolute Gasteiger partial charge is 0.354 e. The molecule has 0 aliphatic carbocycles. The van der Waals surface area contributed by atoms with Crippen molar-refractivity contribution in [3.8, 4) is 6.07 Å². The first-order chi connectivity index (χ1) is 11.1. The normalized spacial score (nSPS) is 15.3. The van der Waals surface area contributed by atoms with Crippen LogP contribution in [0, 0.1) is 18.3 Å². The highest BCUT2D eigenvalue weighted by atomic mass is 15.3. The van der Waals surface area contributed by atoms with Gasteiger partial charge in [-0.15, -0.1) is 0 Å². The second kappa shape index (κ2) is 6.63. The van der Waals surface area contributed by atoms with E-state index in [0.717, 1.165) is 49.3 Å². The first-order valence-electron chi connectivity index (χ1n) is 7.70. The lowest BCUT2D eigenvalue weighted by Crippen LogP contribution is -2.44. The summed E-state index contributed by atoms with van der Waals surface area (Å²) in [5.41, 5.74) is 1.48. The van der Waals surface area contributed by atoms with Gasteiger partial charge in [0, 0.05) is 37.9 Å². The number of nitrogens with one attached hydrogen (secondary N) is 1. The van der Waals surface area contributed by atoms with Crippen LogP contribution in [0.5, 0.6) is 0 Å². The quantitative estimate of drug-likeness (QED) is 0.937. The molecular formula is C17H20N6. The van der Waals surface area contributed by atoms with Crippen LogP contribution in [0.4, 0.5) is 17.3 Å². The maximum atomic E-state index is 8.99. The highest BCUT2D eigenvalue weighted by Crippen LogP contribution is 2.21. The van der Waals surface area contributed by atoms with Crippen molar-refractivity contribution in [1.82, 2.24) is 14.9 Å². The minimum atomic E-state index is 0.625. The molecule has 3 rings (SSSR count). The molecule has 0 atom stereocenters. The molecule has 1 aliphatic rings. The van der Waals surface area contributed by atoms with E-state index in [1.807, 2.05) is 31.2 Å². The molecule has 6 nitrogen and oxygen atoms in total. The van der Waals surface area contributed by atoms with Gasteiger partial charge in [0.05, 0.1) is 11.6 Å². The zero-order valence-corrected chi connectivity index (χ0v) is 13.5. The zero-order valence-electron chi connectivity index (χ0n) is 13.5. The second-order valence-electron chi connectivity index (χ2n) is 5.77. The Morgan fingerprint density at radius 1 is 1.13 bits per heavy atom. The Morgan fingerprint density at radius 2 is 1.91 bits per heavy atom. The van der Waals surface area contributed by atoms with Crippen LogP contribution in [0.3, 0.4) is 0 Å². The molecule has 1 fully saturated rings. The van der Waals surface area contributed by atoms with Gasteiger partial charge in [0.2, 0.25) is 0 Å². The van der Waals surface area contributed by atoms with E-state index in [1.165, 1.54) is 0 Å². The lowest BCUT2D eigenvalue weighted by atomic mass is 10.2. The monoisotopic (exact) mass is 308 g/mol. The van der Waals surface area contributed by atoms with Crippen LogP contribution in [0.1, 0.15) is 11.4 Å². The number of aromatic nitrogens is 2. The number of nitriles is 1. The Labute approximate surface area is 136 Å². The van der Waals surface area contributed by atoms with Crippen LogP contribution in [-0.2, 0) is 0 Å². The molecule has 1 aromatic carbocycles. The average Bonchev–Trinajstić information content (AvgIpc) is 2.55. The molecule has 1 aliphatic heterocycles. The second-order valence-corrected chi connectivity index (χ2v) is 5.77. The van der Waals surface area contributed by atoms with Crippen LogP contribution < -0.4 is 10.2 Å². The SMILES string of the molecule is Cc1nc(Nc2cccc(C#N)c2)cc(N2CCN(C)CC2)n1. The Kier molecular flexibility index (Phi) is 4.40. The minimum Gasteiger partial charge on any atom is -0.354 e. The van der Waals surface area contributed by atoms with Crippen molar-refractivity contribution >= 4 is 17.3 Å². The molecule has 23 heavy (non-hydrogen) atoms. The summed E-state index contributed by atoms with van der Waals surface area (Å²) in [7, 11) is 2.14. The van der Waals surface area contributed by atoms with Crippen LogP contribution in [0.15, 0.2) is 30.3 Å². The van der Waals surface area contributed by atoms with Crippen molar-refractivity contribution in [1.29, 1.82) is 5.26 Å². The van der Waals surface area contributed by atoms with E-state index in [0.29, 0.717) is 5.56 Å². The van der Waals surface area contributed by atoms with Gasteiger partial charge in [-0.05, 0) is 32.2 Å². The van der Waals surface area contributed by atoms with Gasteiger partial charge in [-0.3, -0.25) is 0 Å². The Hall–Kier alpha value is -2.65. The summed E-state index contributed by atoms with van der Waals surface area (Å²) in [6.45, 7) is 5.91. The number of benzene rings is 1. The third kappa shape index (κ3) is 3.76. The predicted octanol–water partition coefficient (Wildman–Crippen LogP) is 2.15. The summed E-state index contributed by atoms with van der Waals surface area (Å²) in [4.78, 5) is 13.6. The van der Waals surface area contributed by atoms with Crippen molar-refractivity contribution in [2.45, 2.75) is 6.92 Å². The van der Waals surface area contributed by atoms with Crippen LogP contribution in [0.25, 0.3) is 0 Å². The molecule has 1 N–H and O–H groups in total. The Morgan fingerprint density at radius 3 is 2.65 bits per heavy atom. The predicted molar refractivity (Wildman–Crippen MR) is 90.9 cm³/mol. The van der Waals surface area contributed by atoms with E-state index in [-0.39, 0.29) is 0 Å². The average molecular weight is 308 g/mol. The maximum Gasteiger partial charge on any atom is 0.136 e. The van der Waals surface area contributed by atoms with Gasteiger partial charge in [-0.1, -0.05) is 6.07 Å². The summed E-state index contributed by atoms with van der Waals surface area (Å²) in [5, 5.41) is 12.3. The van der Waals surface area contributed by atoms with Gasteiger partial charge >= 0.3 is 0 Å². The molecule has 2 aromatic rings. The summed E-state index contributed by atoms with van der Waals surface area (Å²) in [6, 6.07) is 11.5. The van der Waals surface area contributed by atoms with E-state index < -0.39 is 0 Å². The lowest BCUT2D eigenvalue weighted by molar-refractivity contribution is 0.312. The molecule has 0 unspecified atom stereocenters. The molecule has 6 heteroatoms. The summed E-state index contributed by atoms with van der Waals surface area (Å²) in [6.07, 6.45) is 0. The molecule has 0 amide bonds. The molecule has 118 valence electrons. The Bertz CT molecular complexity index is 728. The van der Waals surface area contributed by atoms with Crippen molar-refractivity contribution in [3.05, 3.63) is 41.7 Å². The number of rotatable bonds is 3. The number of hydrogen-bond acceptors (Lipinski definition) is 6. The molecule has 0 saturated carbocycles. The van der Waals surface area contributed by atoms with E-state index in [9.17, 15) is 0 Å². The molecular weight excluding hydrogens is 288 g/mol. The highest BCUT2D eigenvalue weighted by Gasteiger charge is 2.16. The number of nitrogens with zero attached hydrogens (tertiary/aromatic N) is 5. The summed E-state index contributed by atoms with van der Waals surface area (Å²) < 4.78 is 0. The number of aryl methyl sites for hydroxylation is 1. The van der Waals surface area contributed by atoms with E-state index in [4.69, 9.17) is 5.26 Å². The minimum absolute atomic E-state index is 0.625. The molecule has 0 radical (unpaired) electrons. The maximum absolute atomic E-state index is 8.99. The number of piperazine rings is 1. The topological polar surface area (TPSA) is 68.1 Å². The van der Waals surface area contributed by atoms with Gasteiger partial charge in [0.25, 0.3) is 0 Å². The van der Waals surface area contributed by atoms with Crippen LogP contribution in [-0.4, -0.2) is 48.1 Å². The third-order valence-corrected chi connectivity index (χ3v) is 3.92. The first kappa shape index (κ1) is 15.3.